The highest BCUT2D eigenvalue weighted by Gasteiger charge is 2.28. The van der Waals surface area contributed by atoms with E-state index in [9.17, 15) is 0 Å². The number of hydrogen-bond acceptors (Lipinski definition) is 2. The Morgan fingerprint density at radius 1 is 0.490 bits per heavy atom. The average Bonchev–Trinajstić information content (AvgIpc) is 3.98. The SMILES string of the molecule is Cn1c2ccc1=C(c1ccccc1)C1=NC(=C(c3ccccc3)c3ccc4c(-c5ccccc5)c5c(n34)=NC(=C5)C=2c2ccccc2)C=C1. The monoisotopic (exact) mass is 626 g/mol. The Morgan fingerprint density at radius 3 is 1.67 bits per heavy atom. The van der Waals surface area contributed by atoms with Gasteiger partial charge in [0.25, 0.3) is 0 Å². The normalized spacial score (nSPS) is 14.8. The number of nitrogens with zero attached hydrogens (tertiary/aromatic N) is 4. The molecule has 4 heteroatoms. The fourth-order valence-electron chi connectivity index (χ4n) is 7.74. The third-order valence-corrected chi connectivity index (χ3v) is 9.91. The van der Waals surface area contributed by atoms with Crippen molar-refractivity contribution in [3.8, 4) is 11.1 Å². The highest BCUT2D eigenvalue weighted by molar-refractivity contribution is 6.30. The number of aliphatic imine (C=N–C) groups is 1. The van der Waals surface area contributed by atoms with Gasteiger partial charge < -0.3 is 4.57 Å². The van der Waals surface area contributed by atoms with Crippen molar-refractivity contribution in [3.63, 3.8) is 0 Å². The van der Waals surface area contributed by atoms with Crippen LogP contribution in [-0.2, 0) is 7.05 Å². The summed E-state index contributed by atoms with van der Waals surface area (Å²) in [4.78, 5) is 11.0. The summed E-state index contributed by atoms with van der Waals surface area (Å²) in [5.41, 5.74) is 16.1. The third-order valence-electron chi connectivity index (χ3n) is 9.91. The standard InChI is InChI=1S/C45H30N4/c1-48-37-24-25-38(48)44(32-20-12-5-13-21-32)36-28-33-41(29-14-6-2-7-15-29)39-26-27-40(49(39)45(33)47-36)43(31-18-10-4-11-19-31)35-23-22-34(46-35)42(37)30-16-8-3-9-17-30/h2-28H,1H3. The lowest BCUT2D eigenvalue weighted by molar-refractivity contribution is 0.853. The first-order chi connectivity index (χ1) is 24.2. The molecule has 0 saturated carbocycles. The van der Waals surface area contributed by atoms with E-state index in [1.165, 1.54) is 11.1 Å². The molecule has 10 rings (SSSR count). The zero-order valence-corrected chi connectivity index (χ0v) is 26.9. The first kappa shape index (κ1) is 27.6. The van der Waals surface area contributed by atoms with Crippen molar-refractivity contribution in [2.24, 2.45) is 17.0 Å². The molecule has 6 heterocycles. The van der Waals surface area contributed by atoms with Crippen LogP contribution in [0.1, 0.15) is 27.9 Å². The fraction of sp³-hybridized carbons (Fsp3) is 0.0222. The Hall–Kier alpha value is -6.52. The number of aromatic nitrogens is 2. The molecule has 0 saturated heterocycles. The molecule has 7 aromatic rings. The maximum Gasteiger partial charge on any atom is 0.146 e. The van der Waals surface area contributed by atoms with Crippen molar-refractivity contribution in [2.45, 2.75) is 0 Å². The molecule has 0 unspecified atom stereocenters. The van der Waals surface area contributed by atoms with E-state index in [0.717, 1.165) is 83.5 Å². The van der Waals surface area contributed by atoms with Crippen molar-refractivity contribution in [1.29, 1.82) is 0 Å². The minimum Gasteiger partial charge on any atom is -0.343 e. The van der Waals surface area contributed by atoms with Crippen molar-refractivity contribution in [1.82, 2.24) is 8.97 Å². The molecular formula is C45H30N4. The van der Waals surface area contributed by atoms with Crippen LogP contribution in [0.5, 0.6) is 0 Å². The van der Waals surface area contributed by atoms with E-state index in [1.54, 1.807) is 0 Å². The smallest absolute Gasteiger partial charge is 0.146 e. The Balaban J connectivity index is 1.42. The highest BCUT2D eigenvalue weighted by atomic mass is 15.0. The van der Waals surface area contributed by atoms with E-state index in [2.05, 4.69) is 180 Å². The van der Waals surface area contributed by atoms with Gasteiger partial charge in [0, 0.05) is 34.9 Å². The van der Waals surface area contributed by atoms with E-state index in [4.69, 9.17) is 9.98 Å². The van der Waals surface area contributed by atoms with Gasteiger partial charge in [-0.1, -0.05) is 121 Å². The number of rotatable bonds is 4. The molecule has 49 heavy (non-hydrogen) atoms. The fourth-order valence-corrected chi connectivity index (χ4v) is 7.74. The number of fused-ring (bicyclic) bond motifs is 4. The van der Waals surface area contributed by atoms with Crippen LogP contribution in [0.25, 0.3) is 39.4 Å². The molecule has 230 valence electrons. The van der Waals surface area contributed by atoms with Gasteiger partial charge in [0.15, 0.2) is 0 Å². The van der Waals surface area contributed by atoms with E-state index < -0.39 is 0 Å². The van der Waals surface area contributed by atoms with Gasteiger partial charge in [-0.25, -0.2) is 9.98 Å². The summed E-state index contributed by atoms with van der Waals surface area (Å²) in [5, 5.41) is 2.19. The van der Waals surface area contributed by atoms with Gasteiger partial charge in [-0.05, 0) is 64.7 Å². The molecule has 0 spiro atoms. The molecular weight excluding hydrogens is 597 g/mol. The third kappa shape index (κ3) is 4.17. The molecule has 0 radical (unpaired) electrons. The summed E-state index contributed by atoms with van der Waals surface area (Å²) < 4.78 is 4.66. The highest BCUT2D eigenvalue weighted by Crippen LogP contribution is 2.39. The summed E-state index contributed by atoms with van der Waals surface area (Å²) in [6.45, 7) is 0. The first-order valence-electron chi connectivity index (χ1n) is 16.7. The van der Waals surface area contributed by atoms with E-state index in [0.29, 0.717) is 0 Å². The number of allylic oxidation sites excluding steroid dienone is 3. The summed E-state index contributed by atoms with van der Waals surface area (Å²) in [5.74, 6) is 0. The Labute approximate surface area is 283 Å². The summed E-state index contributed by atoms with van der Waals surface area (Å²) >= 11 is 0. The lowest BCUT2D eigenvalue weighted by Crippen LogP contribution is -2.29. The minimum atomic E-state index is 0.931. The quantitative estimate of drug-likeness (QED) is 0.194. The number of hydrogen-bond donors (Lipinski definition) is 0. The molecule has 0 atom stereocenters. The van der Waals surface area contributed by atoms with Gasteiger partial charge >= 0.3 is 0 Å². The minimum absolute atomic E-state index is 0.931. The van der Waals surface area contributed by atoms with Gasteiger partial charge in [-0.15, -0.1) is 0 Å². The van der Waals surface area contributed by atoms with Gasteiger partial charge in [-0.3, -0.25) is 4.40 Å². The van der Waals surface area contributed by atoms with Crippen molar-refractivity contribution < 1.29 is 0 Å². The van der Waals surface area contributed by atoms with Crippen LogP contribution in [0, 0.1) is 0 Å². The molecule has 4 aromatic carbocycles. The molecule has 3 aliphatic rings. The van der Waals surface area contributed by atoms with Crippen molar-refractivity contribution in [2.75, 3.05) is 0 Å². The average molecular weight is 627 g/mol. The molecule has 4 nitrogen and oxygen atoms in total. The van der Waals surface area contributed by atoms with E-state index >= 15 is 0 Å². The van der Waals surface area contributed by atoms with Crippen LogP contribution >= 0.6 is 0 Å². The summed E-state index contributed by atoms with van der Waals surface area (Å²) in [6.07, 6.45) is 6.65. The zero-order chi connectivity index (χ0) is 32.5. The van der Waals surface area contributed by atoms with Crippen LogP contribution in [-0.4, -0.2) is 14.7 Å². The molecule has 3 aromatic heterocycles. The Kier molecular flexibility index (Phi) is 6.06. The first-order valence-corrected chi connectivity index (χ1v) is 16.7. The largest absolute Gasteiger partial charge is 0.343 e. The maximum atomic E-state index is 5.55. The van der Waals surface area contributed by atoms with Crippen LogP contribution in [0.4, 0.5) is 0 Å². The van der Waals surface area contributed by atoms with Gasteiger partial charge in [0.05, 0.1) is 39.0 Å². The summed E-state index contributed by atoms with van der Waals surface area (Å²) in [7, 11) is 2.16. The Morgan fingerprint density at radius 2 is 1.04 bits per heavy atom. The molecule has 0 amide bonds. The maximum absolute atomic E-state index is 5.55. The van der Waals surface area contributed by atoms with Crippen LogP contribution in [0.3, 0.4) is 0 Å². The lowest BCUT2D eigenvalue weighted by atomic mass is 9.99. The summed E-state index contributed by atoms with van der Waals surface area (Å²) in [6, 6.07) is 51.6. The van der Waals surface area contributed by atoms with E-state index in [1.807, 2.05) is 0 Å². The Bertz CT molecular complexity index is 2770. The van der Waals surface area contributed by atoms with E-state index in [-0.39, 0.29) is 0 Å². The predicted molar refractivity (Wildman–Crippen MR) is 199 cm³/mol. The second kappa shape index (κ2) is 10.8. The lowest BCUT2D eigenvalue weighted by Gasteiger charge is -2.12. The van der Waals surface area contributed by atoms with Crippen LogP contribution < -0.4 is 16.2 Å². The zero-order valence-electron chi connectivity index (χ0n) is 26.9. The van der Waals surface area contributed by atoms with Gasteiger partial charge in [0.2, 0.25) is 0 Å². The molecule has 6 bridgehead atoms. The predicted octanol–water partition coefficient (Wildman–Crippen LogP) is 7.52. The second-order valence-electron chi connectivity index (χ2n) is 12.7. The topological polar surface area (TPSA) is 34.1 Å². The van der Waals surface area contributed by atoms with Crippen LogP contribution in [0.15, 0.2) is 179 Å². The molecule has 0 aliphatic carbocycles. The molecule has 3 aliphatic heterocycles. The van der Waals surface area contributed by atoms with Gasteiger partial charge in [0.1, 0.15) is 5.49 Å². The second-order valence-corrected chi connectivity index (χ2v) is 12.7. The number of benzene rings is 4. The van der Waals surface area contributed by atoms with Crippen LogP contribution in [0.2, 0.25) is 0 Å². The molecule has 0 fully saturated rings. The molecule has 0 N–H and O–H groups in total. The van der Waals surface area contributed by atoms with Gasteiger partial charge in [-0.2, -0.15) is 0 Å². The van der Waals surface area contributed by atoms with Crippen molar-refractivity contribution >= 4 is 34.0 Å². The van der Waals surface area contributed by atoms with Crippen molar-refractivity contribution in [3.05, 3.63) is 213 Å².